The van der Waals surface area contributed by atoms with Crippen LogP contribution in [-0.2, 0) is 17.7 Å². The molecule has 1 atom stereocenters. The molecule has 26 heavy (non-hydrogen) atoms. The van der Waals surface area contributed by atoms with Crippen LogP contribution >= 0.6 is 0 Å². The molecule has 0 saturated carbocycles. The molecule has 1 aromatic carbocycles. The molecule has 0 fully saturated rings. The Bertz CT molecular complexity index is 1080. The fraction of sp³-hybridized carbons (Fsp3) is 0.333. The van der Waals surface area contributed by atoms with Gasteiger partial charge in [-0.2, -0.15) is 0 Å². The quantitative estimate of drug-likeness (QED) is 0.547. The lowest BCUT2D eigenvalue weighted by Gasteiger charge is -2.25. The first kappa shape index (κ1) is 16.6. The molecule has 4 rings (SSSR count). The minimum Gasteiger partial charge on any atom is -0.494 e. The summed E-state index contributed by atoms with van der Waals surface area (Å²) in [5, 5.41) is 15.1. The van der Waals surface area contributed by atoms with Crippen LogP contribution < -0.4 is 16.6 Å². The molecule has 0 aliphatic carbocycles. The van der Waals surface area contributed by atoms with Gasteiger partial charge in [0.2, 0.25) is 5.88 Å². The minimum atomic E-state index is -0.652. The van der Waals surface area contributed by atoms with Gasteiger partial charge in [0.05, 0.1) is 19.2 Å². The minimum absolute atomic E-state index is 0.133. The maximum absolute atomic E-state index is 12.5. The Hall–Kier alpha value is -2.84. The summed E-state index contributed by atoms with van der Waals surface area (Å²) in [6.07, 6.45) is 0.817. The number of aromatic amines is 2. The summed E-state index contributed by atoms with van der Waals surface area (Å²) in [7, 11) is 1.51. The molecule has 1 unspecified atom stereocenters. The van der Waals surface area contributed by atoms with Gasteiger partial charge in [0, 0.05) is 30.3 Å². The monoisotopic (exact) mass is 356 g/mol. The number of rotatable bonds is 4. The molecule has 2 aromatic heterocycles. The highest BCUT2D eigenvalue weighted by Crippen LogP contribution is 2.34. The Kier molecular flexibility index (Phi) is 4.14. The Morgan fingerprint density at radius 3 is 2.88 bits per heavy atom. The molecule has 3 aromatic rings. The molecular formula is C18H20N4O4. The van der Waals surface area contributed by atoms with Crippen LogP contribution in [0.5, 0.6) is 5.88 Å². The number of H-pyrrole nitrogens is 2. The molecular weight excluding hydrogens is 336 g/mol. The number of nitrogens with one attached hydrogen (secondary N) is 3. The van der Waals surface area contributed by atoms with E-state index in [1.165, 1.54) is 7.11 Å². The largest absolute Gasteiger partial charge is 0.494 e. The van der Waals surface area contributed by atoms with Gasteiger partial charge in [0.15, 0.2) is 0 Å². The summed E-state index contributed by atoms with van der Waals surface area (Å²) >= 11 is 0. The molecule has 0 saturated heterocycles. The molecule has 0 bridgehead atoms. The van der Waals surface area contributed by atoms with Crippen molar-refractivity contribution in [1.29, 1.82) is 0 Å². The summed E-state index contributed by atoms with van der Waals surface area (Å²) in [6, 6.07) is 7.42. The first-order chi connectivity index (χ1) is 12.6. The average molecular weight is 356 g/mol. The van der Waals surface area contributed by atoms with Crippen molar-refractivity contribution in [1.82, 2.24) is 19.9 Å². The second-order valence-corrected chi connectivity index (χ2v) is 6.34. The van der Waals surface area contributed by atoms with Gasteiger partial charge in [-0.15, -0.1) is 0 Å². The second kappa shape index (κ2) is 6.47. The van der Waals surface area contributed by atoms with Crippen LogP contribution in [0.2, 0.25) is 0 Å². The van der Waals surface area contributed by atoms with E-state index in [4.69, 9.17) is 4.74 Å². The molecule has 136 valence electrons. The average Bonchev–Trinajstić information content (AvgIpc) is 3.01. The van der Waals surface area contributed by atoms with Gasteiger partial charge in [-0.25, -0.2) is 4.79 Å². The van der Waals surface area contributed by atoms with E-state index < -0.39 is 17.3 Å². The second-order valence-electron chi connectivity index (χ2n) is 6.34. The van der Waals surface area contributed by atoms with Crippen molar-refractivity contribution in [3.63, 3.8) is 0 Å². The number of hydrogen-bond donors (Lipinski definition) is 4. The van der Waals surface area contributed by atoms with Crippen LogP contribution in [-0.4, -0.2) is 39.9 Å². The molecule has 8 heteroatoms. The van der Waals surface area contributed by atoms with E-state index in [2.05, 4.69) is 15.3 Å². The van der Waals surface area contributed by atoms with Gasteiger partial charge < -0.3 is 20.1 Å². The van der Waals surface area contributed by atoms with Gasteiger partial charge in [0.1, 0.15) is 5.56 Å². The van der Waals surface area contributed by atoms with Crippen LogP contribution in [0.1, 0.15) is 22.9 Å². The van der Waals surface area contributed by atoms with Crippen LogP contribution in [0.15, 0.2) is 33.9 Å². The standard InChI is InChI=1S/C18H20N4O4/c1-26-9-8-22-17(24)13(16(23)21-18(22)25)15-14-11(6-7-19-15)10-4-2-3-5-12(10)20-14/h2-5,15,19-20,24H,6-9H2,1H3,(H,21,23,25). The van der Waals surface area contributed by atoms with Crippen molar-refractivity contribution < 1.29 is 9.84 Å². The topological polar surface area (TPSA) is 112 Å². The molecule has 0 radical (unpaired) electrons. The third-order valence-corrected chi connectivity index (χ3v) is 4.87. The highest BCUT2D eigenvalue weighted by molar-refractivity contribution is 5.85. The fourth-order valence-corrected chi connectivity index (χ4v) is 3.65. The number of aromatic hydroxyl groups is 1. The predicted molar refractivity (Wildman–Crippen MR) is 96.7 cm³/mol. The molecule has 1 aliphatic heterocycles. The van der Waals surface area contributed by atoms with Gasteiger partial charge in [-0.1, -0.05) is 18.2 Å². The Balaban J connectivity index is 1.90. The van der Waals surface area contributed by atoms with Crippen molar-refractivity contribution in [2.24, 2.45) is 0 Å². The Morgan fingerprint density at radius 2 is 2.08 bits per heavy atom. The zero-order valence-corrected chi connectivity index (χ0v) is 14.3. The number of nitrogens with zero attached hydrogens (tertiary/aromatic N) is 1. The highest BCUT2D eigenvalue weighted by Gasteiger charge is 2.30. The van der Waals surface area contributed by atoms with Gasteiger partial charge >= 0.3 is 5.69 Å². The number of ether oxygens (including phenoxy) is 1. The summed E-state index contributed by atoms with van der Waals surface area (Å²) in [5.41, 5.74) is 1.84. The number of hydrogen-bond acceptors (Lipinski definition) is 5. The van der Waals surface area contributed by atoms with Gasteiger partial charge in [0.25, 0.3) is 5.56 Å². The van der Waals surface area contributed by atoms with Crippen LogP contribution in [0.4, 0.5) is 0 Å². The van der Waals surface area contributed by atoms with Crippen molar-refractivity contribution >= 4 is 10.9 Å². The normalized spacial score (nSPS) is 16.7. The molecule has 3 heterocycles. The van der Waals surface area contributed by atoms with E-state index in [-0.39, 0.29) is 24.6 Å². The molecule has 8 nitrogen and oxygen atoms in total. The molecule has 4 N–H and O–H groups in total. The number of methoxy groups -OCH3 is 1. The summed E-state index contributed by atoms with van der Waals surface area (Å²) < 4.78 is 6.11. The lowest BCUT2D eigenvalue weighted by molar-refractivity contribution is 0.181. The number of benzene rings is 1. The number of fused-ring (bicyclic) bond motifs is 3. The fourth-order valence-electron chi connectivity index (χ4n) is 3.65. The van der Waals surface area contributed by atoms with E-state index in [1.54, 1.807) is 0 Å². The third kappa shape index (κ3) is 2.54. The van der Waals surface area contributed by atoms with Gasteiger partial charge in [-0.3, -0.25) is 14.3 Å². The predicted octanol–water partition coefficient (Wildman–Crippen LogP) is 0.605. The smallest absolute Gasteiger partial charge is 0.331 e. The Morgan fingerprint density at radius 1 is 1.27 bits per heavy atom. The zero-order chi connectivity index (χ0) is 18.3. The van der Waals surface area contributed by atoms with E-state index >= 15 is 0 Å². The summed E-state index contributed by atoms with van der Waals surface area (Å²) in [4.78, 5) is 30.2. The zero-order valence-electron chi connectivity index (χ0n) is 14.3. The summed E-state index contributed by atoms with van der Waals surface area (Å²) in [6.45, 7) is 1.06. The van der Waals surface area contributed by atoms with Crippen molar-refractivity contribution in [2.45, 2.75) is 19.0 Å². The van der Waals surface area contributed by atoms with E-state index in [0.29, 0.717) is 6.54 Å². The van der Waals surface area contributed by atoms with Crippen LogP contribution in [0, 0.1) is 0 Å². The third-order valence-electron chi connectivity index (χ3n) is 4.87. The first-order valence-corrected chi connectivity index (χ1v) is 8.49. The van der Waals surface area contributed by atoms with E-state index in [1.807, 2.05) is 24.3 Å². The van der Waals surface area contributed by atoms with Crippen molar-refractivity contribution in [3.05, 3.63) is 61.9 Å². The van der Waals surface area contributed by atoms with Crippen LogP contribution in [0.3, 0.4) is 0 Å². The number of para-hydroxylation sites is 1. The highest BCUT2D eigenvalue weighted by atomic mass is 16.5. The maximum atomic E-state index is 12.5. The number of aromatic nitrogens is 3. The van der Waals surface area contributed by atoms with E-state index in [0.717, 1.165) is 33.1 Å². The first-order valence-electron chi connectivity index (χ1n) is 8.49. The lowest BCUT2D eigenvalue weighted by Crippen LogP contribution is -2.39. The maximum Gasteiger partial charge on any atom is 0.331 e. The molecule has 0 amide bonds. The SMILES string of the molecule is COCCn1c(O)c(C2NCCc3c2[nH]c2ccccc32)c(=O)[nH]c1=O. The van der Waals surface area contributed by atoms with Crippen molar-refractivity contribution in [2.75, 3.05) is 20.3 Å². The summed E-state index contributed by atoms with van der Waals surface area (Å²) in [5.74, 6) is -0.334. The lowest BCUT2D eigenvalue weighted by atomic mass is 9.95. The molecule has 1 aliphatic rings. The van der Waals surface area contributed by atoms with Gasteiger partial charge in [-0.05, 0) is 18.1 Å². The van der Waals surface area contributed by atoms with Crippen LogP contribution in [0.25, 0.3) is 10.9 Å². The van der Waals surface area contributed by atoms with Crippen molar-refractivity contribution in [3.8, 4) is 5.88 Å². The molecule has 0 spiro atoms. The van der Waals surface area contributed by atoms with E-state index in [9.17, 15) is 14.7 Å². The Labute approximate surface area is 148 Å².